The second kappa shape index (κ2) is 4.56. The molecule has 0 aromatic heterocycles. The van der Waals surface area contributed by atoms with Crippen molar-refractivity contribution in [2.45, 2.75) is 19.3 Å². The standard InChI is InChI=1S/C19H18N2O3/c22-14(10-11-4-2-1-3-5-11)20-21-17(23)15-12-6-7-13(16(15)18(21)24)19(12)8-9-19/h1-7,12-13,15-16H,8-10H2,(H,20,22)/t12-,13+,15+,16-. The number of hydrogen-bond donors (Lipinski definition) is 1. The van der Waals surface area contributed by atoms with Gasteiger partial charge in [0, 0.05) is 0 Å². The van der Waals surface area contributed by atoms with Crippen LogP contribution in [0, 0.1) is 29.1 Å². The van der Waals surface area contributed by atoms with Gasteiger partial charge in [-0.15, -0.1) is 0 Å². The van der Waals surface area contributed by atoms with Gasteiger partial charge in [0.2, 0.25) is 5.91 Å². The molecule has 5 heteroatoms. The minimum Gasteiger partial charge on any atom is -0.273 e. The molecule has 2 saturated carbocycles. The third kappa shape index (κ3) is 1.67. The van der Waals surface area contributed by atoms with E-state index in [1.54, 1.807) is 0 Å². The molecule has 4 aliphatic rings. The molecule has 1 spiro atoms. The highest BCUT2D eigenvalue weighted by Gasteiger charge is 2.73. The Bertz CT molecular complexity index is 747. The molecule has 3 amide bonds. The summed E-state index contributed by atoms with van der Waals surface area (Å²) < 4.78 is 0. The number of imide groups is 1. The Morgan fingerprint density at radius 2 is 1.62 bits per heavy atom. The van der Waals surface area contributed by atoms with Crippen LogP contribution >= 0.6 is 0 Å². The van der Waals surface area contributed by atoms with Crippen LogP contribution in [-0.4, -0.2) is 22.7 Å². The van der Waals surface area contributed by atoms with Gasteiger partial charge in [-0.2, -0.15) is 5.01 Å². The number of rotatable bonds is 3. The molecule has 5 nitrogen and oxygen atoms in total. The Balaban J connectivity index is 1.33. The smallest absolute Gasteiger partial charge is 0.252 e. The van der Waals surface area contributed by atoms with E-state index in [1.807, 2.05) is 30.3 Å². The third-order valence-electron chi connectivity index (χ3n) is 6.30. The number of benzene rings is 1. The summed E-state index contributed by atoms with van der Waals surface area (Å²) in [6.45, 7) is 0. The molecule has 1 aromatic carbocycles. The Morgan fingerprint density at radius 1 is 1.04 bits per heavy atom. The van der Waals surface area contributed by atoms with Gasteiger partial charge in [-0.05, 0) is 35.7 Å². The monoisotopic (exact) mass is 322 g/mol. The number of allylic oxidation sites excluding steroid dienone is 2. The van der Waals surface area contributed by atoms with Gasteiger partial charge >= 0.3 is 0 Å². The van der Waals surface area contributed by atoms with E-state index < -0.39 is 0 Å². The van der Waals surface area contributed by atoms with Crippen LogP contribution in [0.4, 0.5) is 0 Å². The van der Waals surface area contributed by atoms with Gasteiger partial charge in [-0.1, -0.05) is 42.5 Å². The van der Waals surface area contributed by atoms with Crippen LogP contribution in [0.2, 0.25) is 0 Å². The van der Waals surface area contributed by atoms with Crippen molar-refractivity contribution in [3.05, 3.63) is 48.0 Å². The first kappa shape index (κ1) is 14.0. The lowest BCUT2D eigenvalue weighted by atomic mass is 9.85. The van der Waals surface area contributed by atoms with Crippen LogP contribution < -0.4 is 5.43 Å². The molecule has 0 radical (unpaired) electrons. The number of carbonyl (C=O) groups excluding carboxylic acids is 3. The lowest BCUT2D eigenvalue weighted by Gasteiger charge is -2.22. The van der Waals surface area contributed by atoms with Crippen molar-refractivity contribution in [2.75, 3.05) is 0 Å². The van der Waals surface area contributed by atoms with Crippen LogP contribution in [0.3, 0.4) is 0 Å². The fourth-order valence-electron chi connectivity index (χ4n) is 5.13. The summed E-state index contributed by atoms with van der Waals surface area (Å²) in [5.74, 6) is -0.965. The van der Waals surface area contributed by atoms with Gasteiger partial charge in [-0.3, -0.25) is 19.8 Å². The fraction of sp³-hybridized carbons (Fsp3) is 0.421. The number of amides is 3. The molecule has 122 valence electrons. The second-order valence-corrected chi connectivity index (χ2v) is 7.43. The van der Waals surface area contributed by atoms with E-state index >= 15 is 0 Å². The van der Waals surface area contributed by atoms with Crippen LogP contribution in [0.5, 0.6) is 0 Å². The molecule has 1 saturated heterocycles. The molecule has 1 N–H and O–H groups in total. The molecule has 3 aliphatic carbocycles. The first-order chi connectivity index (χ1) is 11.6. The quantitative estimate of drug-likeness (QED) is 0.677. The molecular formula is C19H18N2O3. The van der Waals surface area contributed by atoms with Crippen molar-refractivity contribution in [1.82, 2.24) is 10.4 Å². The number of hydrogen-bond acceptors (Lipinski definition) is 3. The largest absolute Gasteiger partial charge is 0.273 e. The maximum absolute atomic E-state index is 12.7. The van der Waals surface area contributed by atoms with Gasteiger partial charge in [0.1, 0.15) is 0 Å². The molecular weight excluding hydrogens is 304 g/mol. The Kier molecular flexibility index (Phi) is 2.65. The van der Waals surface area contributed by atoms with Crippen LogP contribution in [0.15, 0.2) is 42.5 Å². The summed E-state index contributed by atoms with van der Waals surface area (Å²) in [6.07, 6.45) is 6.63. The Morgan fingerprint density at radius 3 is 2.17 bits per heavy atom. The zero-order valence-electron chi connectivity index (χ0n) is 13.1. The molecule has 4 atom stereocenters. The number of nitrogens with one attached hydrogen (secondary N) is 1. The predicted molar refractivity (Wildman–Crippen MR) is 84.9 cm³/mol. The number of nitrogens with zero attached hydrogens (tertiary/aromatic N) is 1. The average molecular weight is 322 g/mol. The first-order valence-electron chi connectivity index (χ1n) is 8.51. The van der Waals surface area contributed by atoms with Gasteiger partial charge < -0.3 is 0 Å². The van der Waals surface area contributed by atoms with Gasteiger partial charge in [-0.25, -0.2) is 0 Å². The van der Waals surface area contributed by atoms with Crippen molar-refractivity contribution in [1.29, 1.82) is 0 Å². The summed E-state index contributed by atoms with van der Waals surface area (Å²) in [5, 5.41) is 0.989. The van der Waals surface area contributed by atoms with E-state index in [0.717, 1.165) is 23.4 Å². The molecule has 24 heavy (non-hydrogen) atoms. The fourth-order valence-corrected chi connectivity index (χ4v) is 5.13. The first-order valence-corrected chi connectivity index (χ1v) is 8.51. The molecule has 5 rings (SSSR count). The van der Waals surface area contributed by atoms with E-state index in [-0.39, 0.29) is 53.2 Å². The van der Waals surface area contributed by atoms with E-state index in [1.165, 1.54) is 0 Å². The average Bonchev–Trinajstić information content (AvgIpc) is 3.19. The van der Waals surface area contributed by atoms with E-state index in [0.29, 0.717) is 0 Å². The van der Waals surface area contributed by atoms with Crippen molar-refractivity contribution < 1.29 is 14.4 Å². The highest BCUT2D eigenvalue weighted by atomic mass is 16.2. The zero-order valence-corrected chi connectivity index (χ0v) is 13.1. The van der Waals surface area contributed by atoms with Gasteiger partial charge in [0.25, 0.3) is 11.8 Å². The van der Waals surface area contributed by atoms with Gasteiger partial charge in [0.05, 0.1) is 18.3 Å². The van der Waals surface area contributed by atoms with Crippen LogP contribution in [0.25, 0.3) is 0 Å². The summed E-state index contributed by atoms with van der Waals surface area (Å²) in [7, 11) is 0. The minimum atomic E-state index is -0.329. The van der Waals surface area contributed by atoms with Crippen LogP contribution in [0.1, 0.15) is 18.4 Å². The Labute approximate surface area is 139 Å². The zero-order chi connectivity index (χ0) is 16.5. The summed E-state index contributed by atoms with van der Waals surface area (Å²) in [6, 6.07) is 9.30. The lowest BCUT2D eigenvalue weighted by molar-refractivity contribution is -0.150. The third-order valence-corrected chi connectivity index (χ3v) is 6.30. The topological polar surface area (TPSA) is 66.5 Å². The highest BCUT2D eigenvalue weighted by molar-refractivity contribution is 6.07. The molecule has 2 bridgehead atoms. The SMILES string of the molecule is O=C(Cc1ccccc1)NN1C(=O)[C@@H]2[C@H](C1=O)[C@@H]1C=C[C@H]2C12CC2. The maximum Gasteiger partial charge on any atom is 0.252 e. The normalized spacial score (nSPS) is 34.1. The number of fused-ring (bicyclic) bond motifs is 3. The molecule has 1 aromatic rings. The van der Waals surface area contributed by atoms with Crippen molar-refractivity contribution in [2.24, 2.45) is 29.1 Å². The minimum absolute atomic E-state index is 0.155. The summed E-state index contributed by atoms with van der Waals surface area (Å²) in [5.41, 5.74) is 3.58. The van der Waals surface area contributed by atoms with Crippen molar-refractivity contribution >= 4 is 17.7 Å². The highest BCUT2D eigenvalue weighted by Crippen LogP contribution is 2.73. The van der Waals surface area contributed by atoms with E-state index in [4.69, 9.17) is 0 Å². The van der Waals surface area contributed by atoms with Gasteiger partial charge in [0.15, 0.2) is 0 Å². The molecule has 1 heterocycles. The van der Waals surface area contributed by atoms with Crippen molar-refractivity contribution in [3.8, 4) is 0 Å². The summed E-state index contributed by atoms with van der Waals surface area (Å²) >= 11 is 0. The second-order valence-electron chi connectivity index (χ2n) is 7.43. The van der Waals surface area contributed by atoms with E-state index in [2.05, 4.69) is 17.6 Å². The van der Waals surface area contributed by atoms with E-state index in [9.17, 15) is 14.4 Å². The molecule has 1 aliphatic heterocycles. The van der Waals surface area contributed by atoms with Crippen molar-refractivity contribution in [3.63, 3.8) is 0 Å². The summed E-state index contributed by atoms with van der Waals surface area (Å²) in [4.78, 5) is 37.7. The lowest BCUT2D eigenvalue weighted by Crippen LogP contribution is -2.48. The van der Waals surface area contributed by atoms with Crippen LogP contribution in [-0.2, 0) is 20.8 Å². The number of carbonyl (C=O) groups is 3. The Hall–Kier alpha value is -2.43. The molecule has 3 fully saturated rings. The number of hydrazine groups is 1. The molecule has 0 unspecified atom stereocenters. The maximum atomic E-state index is 12.7. The predicted octanol–water partition coefficient (Wildman–Crippen LogP) is 1.46.